The van der Waals surface area contributed by atoms with Gasteiger partial charge < -0.3 is 31.6 Å². The average Bonchev–Trinajstić information content (AvgIpc) is 2.78. The monoisotopic (exact) mass is 577 g/mol. The number of alkyl halides is 3. The molecule has 1 aromatic carbocycles. The van der Waals surface area contributed by atoms with Gasteiger partial charge in [0.15, 0.2) is 5.96 Å². The predicted octanol–water partition coefficient (Wildman–Crippen LogP) is 1.53. The lowest BCUT2D eigenvalue weighted by Crippen LogP contribution is -2.43. The zero-order chi connectivity index (χ0) is 27.5. The molecule has 0 radical (unpaired) electrons. The molecule has 2 rings (SSSR count). The molecule has 0 saturated carbocycles. The number of nitrogens with zero attached hydrogens (tertiary/aromatic N) is 2. The number of hydrogen-bond acceptors (Lipinski definition) is 5. The maximum Gasteiger partial charge on any atom is 0.490 e. The van der Waals surface area contributed by atoms with Crippen LogP contribution in [-0.2, 0) is 16.1 Å². The predicted molar refractivity (Wildman–Crippen MR) is 126 cm³/mol. The van der Waals surface area contributed by atoms with Gasteiger partial charge in [0, 0.05) is 17.2 Å². The SMILES string of the molecule is NC(N)=NCCC[C@H](NC(=O)c1cccn(Cc2ccc(Br)cc2)c1=O)C(=O)O.O=C(O)C(F)(F)F. The molecule has 15 heteroatoms. The summed E-state index contributed by atoms with van der Waals surface area (Å²) in [5.41, 5.74) is 10.7. The fourth-order valence-electron chi connectivity index (χ4n) is 2.62. The highest BCUT2D eigenvalue weighted by molar-refractivity contribution is 9.10. The van der Waals surface area contributed by atoms with Crippen molar-refractivity contribution in [2.75, 3.05) is 6.54 Å². The number of carboxylic acid groups (broad SMARTS) is 2. The van der Waals surface area contributed by atoms with Crippen molar-refractivity contribution in [2.45, 2.75) is 31.6 Å². The molecule has 0 aliphatic rings. The molecule has 0 aliphatic heterocycles. The minimum Gasteiger partial charge on any atom is -0.480 e. The number of pyridine rings is 1. The van der Waals surface area contributed by atoms with E-state index in [4.69, 9.17) is 21.4 Å². The van der Waals surface area contributed by atoms with E-state index in [1.807, 2.05) is 24.3 Å². The zero-order valence-corrected chi connectivity index (χ0v) is 20.1. The lowest BCUT2D eigenvalue weighted by molar-refractivity contribution is -0.192. The van der Waals surface area contributed by atoms with Gasteiger partial charge in [0.1, 0.15) is 11.6 Å². The number of benzene rings is 1. The normalized spacial score (nSPS) is 11.4. The van der Waals surface area contributed by atoms with Gasteiger partial charge in [-0.15, -0.1) is 0 Å². The fraction of sp³-hybridized carbons (Fsp3) is 0.286. The van der Waals surface area contributed by atoms with Crippen LogP contribution in [-0.4, -0.2) is 57.3 Å². The third kappa shape index (κ3) is 10.6. The van der Waals surface area contributed by atoms with Gasteiger partial charge in [0.2, 0.25) is 0 Å². The van der Waals surface area contributed by atoms with Crippen LogP contribution in [0.3, 0.4) is 0 Å². The van der Waals surface area contributed by atoms with Gasteiger partial charge in [0.05, 0.1) is 6.54 Å². The minimum atomic E-state index is -5.08. The quantitative estimate of drug-likeness (QED) is 0.168. The summed E-state index contributed by atoms with van der Waals surface area (Å²) >= 11 is 3.35. The van der Waals surface area contributed by atoms with Crippen LogP contribution in [0.25, 0.3) is 0 Å². The summed E-state index contributed by atoms with van der Waals surface area (Å²) in [5, 5.41) is 18.8. The van der Waals surface area contributed by atoms with Crippen molar-refractivity contribution in [1.29, 1.82) is 0 Å². The first-order chi connectivity index (χ1) is 16.7. The summed E-state index contributed by atoms with van der Waals surface area (Å²) in [7, 11) is 0. The van der Waals surface area contributed by atoms with E-state index in [0.29, 0.717) is 6.42 Å². The van der Waals surface area contributed by atoms with E-state index in [1.165, 1.54) is 10.6 Å². The Kier molecular flexibility index (Phi) is 11.6. The van der Waals surface area contributed by atoms with E-state index in [9.17, 15) is 32.7 Å². The highest BCUT2D eigenvalue weighted by Crippen LogP contribution is 2.13. The first-order valence-corrected chi connectivity index (χ1v) is 10.8. The number of nitrogens with one attached hydrogen (secondary N) is 1. The number of carbonyl (C=O) groups excluding carboxylic acids is 1. The Bertz CT molecular complexity index is 1150. The van der Waals surface area contributed by atoms with Gasteiger partial charge >= 0.3 is 18.1 Å². The fourth-order valence-corrected chi connectivity index (χ4v) is 2.88. The van der Waals surface area contributed by atoms with Gasteiger partial charge in [-0.05, 0) is 42.7 Å². The zero-order valence-electron chi connectivity index (χ0n) is 18.5. The van der Waals surface area contributed by atoms with Crippen LogP contribution >= 0.6 is 15.9 Å². The lowest BCUT2D eigenvalue weighted by atomic mass is 10.1. The van der Waals surface area contributed by atoms with Gasteiger partial charge in [0.25, 0.3) is 11.5 Å². The van der Waals surface area contributed by atoms with Crippen LogP contribution < -0.4 is 22.3 Å². The largest absolute Gasteiger partial charge is 0.490 e. The Morgan fingerprint density at radius 2 is 1.69 bits per heavy atom. The Morgan fingerprint density at radius 1 is 1.11 bits per heavy atom. The molecule has 1 atom stereocenters. The number of aliphatic carboxylic acids is 2. The number of aliphatic imine (C=N–C) groups is 1. The molecule has 7 N–H and O–H groups in total. The highest BCUT2D eigenvalue weighted by Gasteiger charge is 2.38. The molecule has 1 heterocycles. The minimum absolute atomic E-state index is 0.0866. The summed E-state index contributed by atoms with van der Waals surface area (Å²) in [6.07, 6.45) is -3.03. The van der Waals surface area contributed by atoms with Crippen LogP contribution in [0.2, 0.25) is 0 Å². The molecule has 0 unspecified atom stereocenters. The molecule has 1 amide bonds. The van der Waals surface area contributed by atoms with Crippen molar-refractivity contribution in [3.8, 4) is 0 Å². The second-order valence-electron chi connectivity index (χ2n) is 7.10. The number of aromatic nitrogens is 1. The highest BCUT2D eigenvalue weighted by atomic mass is 79.9. The molecule has 0 fully saturated rings. The number of carbonyl (C=O) groups is 3. The number of carboxylic acids is 2. The number of halogens is 4. The van der Waals surface area contributed by atoms with E-state index in [0.717, 1.165) is 10.0 Å². The molecule has 0 saturated heterocycles. The topological polar surface area (TPSA) is 190 Å². The summed E-state index contributed by atoms with van der Waals surface area (Å²) in [5.74, 6) is -4.78. The van der Waals surface area contributed by atoms with Crippen LogP contribution in [0.1, 0.15) is 28.8 Å². The molecule has 0 spiro atoms. The van der Waals surface area contributed by atoms with Crippen molar-refractivity contribution >= 4 is 39.7 Å². The number of nitrogens with two attached hydrogens (primary N) is 2. The van der Waals surface area contributed by atoms with Gasteiger partial charge in [-0.25, -0.2) is 9.59 Å². The van der Waals surface area contributed by atoms with E-state index >= 15 is 0 Å². The standard InChI is InChI=1S/C19H22BrN5O4.C2HF3O2/c20-13-7-5-12(6-8-13)11-25-10-2-3-14(17(25)27)16(26)24-15(18(28)29)4-1-9-23-19(21)22;3-2(4,5)1(6)7/h2-3,5-8,10,15H,1,4,9,11H2,(H,24,26)(H,28,29)(H4,21,22,23);(H,6,7)/t15-;/m0./s1. The first-order valence-electron chi connectivity index (χ1n) is 10.1. The third-order valence-electron chi connectivity index (χ3n) is 4.32. The van der Waals surface area contributed by atoms with Crippen LogP contribution in [0.4, 0.5) is 13.2 Å². The summed E-state index contributed by atoms with van der Waals surface area (Å²) in [4.78, 5) is 49.3. The average molecular weight is 578 g/mol. The van der Waals surface area contributed by atoms with Crippen molar-refractivity contribution in [3.05, 3.63) is 68.5 Å². The first kappa shape index (κ1) is 30.2. The molecule has 36 heavy (non-hydrogen) atoms. The second kappa shape index (κ2) is 13.9. The van der Waals surface area contributed by atoms with Gasteiger partial charge in [-0.2, -0.15) is 13.2 Å². The molecular weight excluding hydrogens is 555 g/mol. The summed E-state index contributed by atoms with van der Waals surface area (Å²) in [6, 6.07) is 9.22. The van der Waals surface area contributed by atoms with Crippen LogP contribution in [0.15, 0.2) is 56.9 Å². The van der Waals surface area contributed by atoms with Crippen molar-refractivity contribution in [1.82, 2.24) is 9.88 Å². The van der Waals surface area contributed by atoms with E-state index < -0.39 is 35.6 Å². The Morgan fingerprint density at radius 3 is 2.19 bits per heavy atom. The van der Waals surface area contributed by atoms with E-state index in [1.54, 1.807) is 12.3 Å². The number of amides is 1. The molecule has 2 aromatic rings. The Balaban J connectivity index is 0.000000809. The summed E-state index contributed by atoms with van der Waals surface area (Å²) < 4.78 is 34.0. The Labute approximate surface area is 210 Å². The maximum atomic E-state index is 12.7. The Hall–Kier alpha value is -3.88. The molecule has 196 valence electrons. The van der Waals surface area contributed by atoms with Gasteiger partial charge in [-0.1, -0.05) is 28.1 Å². The molecule has 11 nitrogen and oxygen atoms in total. The smallest absolute Gasteiger partial charge is 0.480 e. The summed E-state index contributed by atoms with van der Waals surface area (Å²) in [6.45, 7) is 0.529. The van der Waals surface area contributed by atoms with E-state index in [-0.39, 0.29) is 31.0 Å². The second-order valence-corrected chi connectivity index (χ2v) is 8.01. The van der Waals surface area contributed by atoms with E-state index in [2.05, 4.69) is 26.2 Å². The van der Waals surface area contributed by atoms with Crippen molar-refractivity contribution in [2.24, 2.45) is 16.5 Å². The maximum absolute atomic E-state index is 12.7. The lowest BCUT2D eigenvalue weighted by Gasteiger charge is -2.14. The third-order valence-corrected chi connectivity index (χ3v) is 4.85. The van der Waals surface area contributed by atoms with Crippen molar-refractivity contribution < 1.29 is 37.8 Å². The van der Waals surface area contributed by atoms with Gasteiger partial charge in [-0.3, -0.25) is 14.6 Å². The van der Waals surface area contributed by atoms with Crippen LogP contribution in [0, 0.1) is 0 Å². The van der Waals surface area contributed by atoms with Crippen molar-refractivity contribution in [3.63, 3.8) is 0 Å². The molecule has 1 aromatic heterocycles. The molecule has 0 aliphatic carbocycles. The molecule has 0 bridgehead atoms. The number of rotatable bonds is 9. The molecular formula is C21H23BrF3N5O6. The number of guanidine groups is 1. The number of hydrogen-bond donors (Lipinski definition) is 5. The van der Waals surface area contributed by atoms with Crippen LogP contribution in [0.5, 0.6) is 0 Å².